The molecular weight excluding hydrogens is 102 g/mol. The van der Waals surface area contributed by atoms with Crippen molar-refractivity contribution >= 4 is 0 Å². The van der Waals surface area contributed by atoms with Crippen LogP contribution in [0.15, 0.2) is 0 Å². The van der Waals surface area contributed by atoms with E-state index in [1.807, 2.05) is 0 Å². The fraction of sp³-hybridized carbons (Fsp3) is 1.00. The third-order valence-corrected chi connectivity index (χ3v) is 2.00. The number of ether oxygens (including phenoxy) is 1. The quantitative estimate of drug-likeness (QED) is 0.482. The highest BCUT2D eigenvalue weighted by Gasteiger charge is 2.26. The zero-order chi connectivity index (χ0) is 5.40. The highest BCUT2D eigenvalue weighted by Crippen LogP contribution is 2.17. The lowest BCUT2D eigenvalue weighted by molar-refractivity contribution is -0.0385. The van der Waals surface area contributed by atoms with Crippen molar-refractivity contribution < 1.29 is 4.74 Å². The molecule has 0 saturated carbocycles. The first kappa shape index (κ1) is 4.77. The number of rotatable bonds is 0. The van der Waals surface area contributed by atoms with Gasteiger partial charge in [-0.25, -0.2) is 0 Å². The second-order valence-corrected chi connectivity index (χ2v) is 2.64. The fourth-order valence-corrected chi connectivity index (χ4v) is 1.43. The summed E-state index contributed by atoms with van der Waals surface area (Å²) < 4.78 is 5.41. The second kappa shape index (κ2) is 1.71. The Bertz CT molecular complexity index is 63.5. The molecule has 2 heteroatoms. The highest BCUT2D eigenvalue weighted by atomic mass is 16.5. The maximum Gasteiger partial charge on any atom is 0.0700 e. The molecule has 2 bridgehead atoms. The van der Waals surface area contributed by atoms with E-state index in [4.69, 9.17) is 4.74 Å². The summed E-state index contributed by atoms with van der Waals surface area (Å²) in [7, 11) is 0. The number of hydrogen-bond donors (Lipinski definition) is 1. The van der Waals surface area contributed by atoms with Crippen molar-refractivity contribution in [2.24, 2.45) is 0 Å². The van der Waals surface area contributed by atoms with Crippen molar-refractivity contribution in [2.45, 2.75) is 25.0 Å². The summed E-state index contributed by atoms with van der Waals surface area (Å²) in [4.78, 5) is 0. The molecule has 0 aromatic rings. The number of fused-ring (bicyclic) bond motifs is 3. The van der Waals surface area contributed by atoms with Gasteiger partial charge in [0.15, 0.2) is 0 Å². The van der Waals surface area contributed by atoms with Crippen LogP contribution in [-0.2, 0) is 4.74 Å². The van der Waals surface area contributed by atoms with Crippen LogP contribution in [0.1, 0.15) is 12.8 Å². The molecular formula is C6H11NO. The van der Waals surface area contributed by atoms with Crippen molar-refractivity contribution in [3.05, 3.63) is 0 Å². The third kappa shape index (κ3) is 0.644. The molecule has 0 amide bonds. The van der Waals surface area contributed by atoms with Crippen LogP contribution in [-0.4, -0.2) is 25.3 Å². The van der Waals surface area contributed by atoms with E-state index in [-0.39, 0.29) is 0 Å². The molecule has 0 spiro atoms. The van der Waals surface area contributed by atoms with Gasteiger partial charge >= 0.3 is 0 Å². The maximum absolute atomic E-state index is 5.41. The topological polar surface area (TPSA) is 21.3 Å². The van der Waals surface area contributed by atoms with Crippen molar-refractivity contribution in [3.8, 4) is 0 Å². The standard InChI is InChI=1S/C6H11NO/c1-2-6-3-7-5(1)4-8-6/h5-7H,1-4H2/t5-,6-/m1/s1. The van der Waals surface area contributed by atoms with Gasteiger partial charge in [0.05, 0.1) is 12.7 Å². The lowest BCUT2D eigenvalue weighted by Crippen LogP contribution is -2.51. The fourth-order valence-electron chi connectivity index (χ4n) is 1.43. The first-order valence-electron chi connectivity index (χ1n) is 3.30. The van der Waals surface area contributed by atoms with Crippen LogP contribution in [0.3, 0.4) is 0 Å². The molecule has 0 aliphatic carbocycles. The molecule has 3 aliphatic rings. The molecule has 1 N–H and O–H groups in total. The molecule has 3 aliphatic heterocycles. The zero-order valence-electron chi connectivity index (χ0n) is 4.89. The Balaban J connectivity index is 2.03. The van der Waals surface area contributed by atoms with E-state index in [9.17, 15) is 0 Å². The average Bonchev–Trinajstić information content (AvgIpc) is 1.92. The normalized spacial score (nSPS) is 45.0. The number of hydrogen-bond acceptors (Lipinski definition) is 2. The van der Waals surface area contributed by atoms with E-state index in [0.29, 0.717) is 12.1 Å². The molecule has 0 radical (unpaired) electrons. The third-order valence-electron chi connectivity index (χ3n) is 2.00. The first-order valence-corrected chi connectivity index (χ1v) is 3.30. The molecule has 3 saturated heterocycles. The summed E-state index contributed by atoms with van der Waals surface area (Å²) >= 11 is 0. The maximum atomic E-state index is 5.41. The van der Waals surface area contributed by atoms with Gasteiger partial charge in [0.2, 0.25) is 0 Å². The summed E-state index contributed by atoms with van der Waals surface area (Å²) in [5.74, 6) is 0. The predicted molar refractivity (Wildman–Crippen MR) is 30.8 cm³/mol. The van der Waals surface area contributed by atoms with Crippen LogP contribution < -0.4 is 5.32 Å². The Morgan fingerprint density at radius 3 is 2.50 bits per heavy atom. The SMILES string of the molecule is C1C[C@@H]2CN[C@H]1CO2. The van der Waals surface area contributed by atoms with Gasteiger partial charge in [-0.2, -0.15) is 0 Å². The smallest absolute Gasteiger partial charge is 0.0700 e. The van der Waals surface area contributed by atoms with E-state index in [1.54, 1.807) is 0 Å². The van der Waals surface area contributed by atoms with Gasteiger partial charge < -0.3 is 10.1 Å². The Labute approximate surface area is 49.2 Å². The van der Waals surface area contributed by atoms with Crippen molar-refractivity contribution in [1.82, 2.24) is 5.32 Å². The van der Waals surface area contributed by atoms with Gasteiger partial charge in [-0.3, -0.25) is 0 Å². The van der Waals surface area contributed by atoms with E-state index in [2.05, 4.69) is 5.32 Å². The predicted octanol–water partition coefficient (Wildman–Crippen LogP) is 0.137. The van der Waals surface area contributed by atoms with Crippen LogP contribution in [0.25, 0.3) is 0 Å². The summed E-state index contributed by atoms with van der Waals surface area (Å²) in [5.41, 5.74) is 0. The van der Waals surface area contributed by atoms with Gasteiger partial charge in [0.1, 0.15) is 0 Å². The molecule has 0 aromatic heterocycles. The second-order valence-electron chi connectivity index (χ2n) is 2.64. The summed E-state index contributed by atoms with van der Waals surface area (Å²) in [6, 6.07) is 0.681. The molecule has 0 unspecified atom stereocenters. The van der Waals surface area contributed by atoms with E-state index in [0.717, 1.165) is 13.2 Å². The number of morpholine rings is 1. The minimum absolute atomic E-state index is 0.542. The Morgan fingerprint density at radius 2 is 2.38 bits per heavy atom. The van der Waals surface area contributed by atoms with Crippen molar-refractivity contribution in [2.75, 3.05) is 13.2 Å². The Kier molecular flexibility index (Phi) is 1.02. The van der Waals surface area contributed by atoms with Crippen molar-refractivity contribution in [3.63, 3.8) is 0 Å². The van der Waals surface area contributed by atoms with Crippen LogP contribution in [0.4, 0.5) is 0 Å². The minimum atomic E-state index is 0.542. The van der Waals surface area contributed by atoms with Gasteiger partial charge in [-0.1, -0.05) is 0 Å². The minimum Gasteiger partial charge on any atom is -0.375 e. The molecule has 0 aromatic carbocycles. The molecule has 8 heavy (non-hydrogen) atoms. The first-order chi connectivity index (χ1) is 3.95. The number of nitrogens with one attached hydrogen (secondary N) is 1. The van der Waals surface area contributed by atoms with Gasteiger partial charge in [0.25, 0.3) is 0 Å². The van der Waals surface area contributed by atoms with Crippen LogP contribution in [0.5, 0.6) is 0 Å². The Morgan fingerprint density at radius 1 is 1.38 bits per heavy atom. The van der Waals surface area contributed by atoms with E-state index in [1.165, 1.54) is 12.8 Å². The van der Waals surface area contributed by atoms with Crippen LogP contribution >= 0.6 is 0 Å². The molecule has 3 heterocycles. The molecule has 46 valence electrons. The molecule has 3 rings (SSSR count). The Hall–Kier alpha value is -0.0800. The average molecular weight is 113 g/mol. The highest BCUT2D eigenvalue weighted by molar-refractivity contribution is 4.83. The van der Waals surface area contributed by atoms with E-state index < -0.39 is 0 Å². The molecule has 2 nitrogen and oxygen atoms in total. The summed E-state index contributed by atoms with van der Waals surface area (Å²) in [5, 5.41) is 3.39. The summed E-state index contributed by atoms with van der Waals surface area (Å²) in [6.07, 6.45) is 3.14. The largest absolute Gasteiger partial charge is 0.375 e. The number of piperidine rings is 1. The molecule has 3 fully saturated rings. The van der Waals surface area contributed by atoms with Crippen LogP contribution in [0, 0.1) is 0 Å². The van der Waals surface area contributed by atoms with Gasteiger partial charge in [-0.05, 0) is 12.8 Å². The summed E-state index contributed by atoms with van der Waals surface area (Å²) in [6.45, 7) is 2.04. The lowest BCUT2D eigenvalue weighted by Gasteiger charge is -2.36. The lowest BCUT2D eigenvalue weighted by atomic mass is 10.0. The van der Waals surface area contributed by atoms with Crippen LogP contribution in [0.2, 0.25) is 0 Å². The monoisotopic (exact) mass is 113 g/mol. The zero-order valence-corrected chi connectivity index (χ0v) is 4.89. The van der Waals surface area contributed by atoms with Gasteiger partial charge in [-0.15, -0.1) is 0 Å². The van der Waals surface area contributed by atoms with Crippen molar-refractivity contribution in [1.29, 1.82) is 0 Å². The van der Waals surface area contributed by atoms with E-state index >= 15 is 0 Å². The molecule has 2 atom stereocenters. The van der Waals surface area contributed by atoms with Gasteiger partial charge in [0, 0.05) is 12.6 Å².